The quantitative estimate of drug-likeness (QED) is 0.113. The van der Waals surface area contributed by atoms with Gasteiger partial charge in [0.25, 0.3) is 0 Å². The predicted molar refractivity (Wildman–Crippen MR) is 169 cm³/mol. The maximum Gasteiger partial charge on any atom is 0.171 e. The predicted octanol–water partition coefficient (Wildman–Crippen LogP) is 7.34. The summed E-state index contributed by atoms with van der Waals surface area (Å²) in [6.07, 6.45) is 11.1. The van der Waals surface area contributed by atoms with Crippen LogP contribution in [0.4, 0.5) is 0 Å². The van der Waals surface area contributed by atoms with Gasteiger partial charge in [0.15, 0.2) is 5.72 Å². The van der Waals surface area contributed by atoms with Crippen molar-refractivity contribution < 1.29 is 9.47 Å². The van der Waals surface area contributed by atoms with Gasteiger partial charge in [0.1, 0.15) is 5.75 Å². The van der Waals surface area contributed by atoms with E-state index < -0.39 is 0 Å². The second-order valence-corrected chi connectivity index (χ2v) is 11.8. The molecule has 3 rings (SSSR count). The number of aryl methyl sites for hydroxylation is 1. The first-order chi connectivity index (χ1) is 19.5. The molecule has 1 fully saturated rings. The Morgan fingerprint density at radius 3 is 1.90 bits per heavy atom. The van der Waals surface area contributed by atoms with Crippen LogP contribution >= 0.6 is 0 Å². The van der Waals surface area contributed by atoms with E-state index in [4.69, 9.17) is 9.47 Å². The van der Waals surface area contributed by atoms with Gasteiger partial charge in [-0.25, -0.2) is 0 Å². The highest BCUT2D eigenvalue weighted by Crippen LogP contribution is 2.43. The molecule has 5 nitrogen and oxygen atoms in total. The molecular weight excluding hydrogens is 494 g/mol. The van der Waals surface area contributed by atoms with Crippen molar-refractivity contribution in [3.8, 4) is 5.75 Å². The molecule has 0 aliphatic carbocycles. The number of unbranched alkanes of at least 4 members (excludes halogenated alkanes) is 4. The third kappa shape index (κ3) is 10.8. The normalized spacial score (nSPS) is 16.8. The van der Waals surface area contributed by atoms with E-state index in [0.29, 0.717) is 0 Å². The average molecular weight is 552 g/mol. The summed E-state index contributed by atoms with van der Waals surface area (Å²) in [5, 5.41) is 0. The van der Waals surface area contributed by atoms with Crippen molar-refractivity contribution in [2.24, 2.45) is 0 Å². The number of benzene rings is 2. The Labute approximate surface area is 245 Å². The number of hydrogen-bond donors (Lipinski definition) is 0. The number of nitrogens with zero attached hydrogens (tertiary/aromatic N) is 3. The van der Waals surface area contributed by atoms with Crippen LogP contribution in [0.5, 0.6) is 5.75 Å². The van der Waals surface area contributed by atoms with E-state index in [2.05, 4.69) is 98.1 Å². The zero-order valence-corrected chi connectivity index (χ0v) is 26.3. The second-order valence-electron chi connectivity index (χ2n) is 11.8. The van der Waals surface area contributed by atoms with Gasteiger partial charge in [0, 0.05) is 31.7 Å². The van der Waals surface area contributed by atoms with Gasteiger partial charge in [-0.2, -0.15) is 0 Å². The molecule has 0 bridgehead atoms. The topological polar surface area (TPSA) is 31.5 Å². The molecule has 40 heavy (non-hydrogen) atoms. The highest BCUT2D eigenvalue weighted by Gasteiger charge is 2.51. The molecule has 1 aliphatic rings. The molecule has 2 aromatic carbocycles. The molecule has 0 N–H and O–H groups in total. The van der Waals surface area contributed by atoms with Crippen molar-refractivity contribution >= 4 is 0 Å². The van der Waals surface area contributed by atoms with Gasteiger partial charge in [-0.3, -0.25) is 4.90 Å². The fraction of sp³-hybridized carbons (Fsp3) is 0.657. The fourth-order valence-corrected chi connectivity index (χ4v) is 5.34. The van der Waals surface area contributed by atoms with Gasteiger partial charge in [0.2, 0.25) is 0 Å². The SMILES string of the molecule is CCCCCc1ccc(C2(N(CCN(CCCC)CCCC)Cc3ccc(OCCCN(C)C)cc3)CO2)cc1. The minimum absolute atomic E-state index is 0.315. The van der Waals surface area contributed by atoms with Crippen LogP contribution in [0.2, 0.25) is 0 Å². The smallest absolute Gasteiger partial charge is 0.171 e. The lowest BCUT2D eigenvalue weighted by molar-refractivity contribution is 0.0561. The van der Waals surface area contributed by atoms with Gasteiger partial charge >= 0.3 is 0 Å². The van der Waals surface area contributed by atoms with Gasteiger partial charge in [-0.15, -0.1) is 0 Å². The molecule has 5 heteroatoms. The van der Waals surface area contributed by atoms with E-state index in [1.807, 2.05) is 0 Å². The van der Waals surface area contributed by atoms with Crippen molar-refractivity contribution in [3.05, 3.63) is 65.2 Å². The highest BCUT2D eigenvalue weighted by molar-refractivity contribution is 5.32. The molecule has 0 radical (unpaired) electrons. The maximum atomic E-state index is 6.34. The molecule has 2 aromatic rings. The highest BCUT2D eigenvalue weighted by atomic mass is 16.6. The Morgan fingerprint density at radius 2 is 1.32 bits per heavy atom. The van der Waals surface area contributed by atoms with Crippen molar-refractivity contribution in [1.82, 2.24) is 14.7 Å². The van der Waals surface area contributed by atoms with Crippen molar-refractivity contribution in [1.29, 1.82) is 0 Å². The zero-order chi connectivity index (χ0) is 28.6. The summed E-state index contributed by atoms with van der Waals surface area (Å²) in [7, 11) is 4.21. The van der Waals surface area contributed by atoms with Crippen molar-refractivity contribution in [3.63, 3.8) is 0 Å². The third-order valence-corrected chi connectivity index (χ3v) is 8.06. The largest absolute Gasteiger partial charge is 0.494 e. The summed E-state index contributed by atoms with van der Waals surface area (Å²) in [4.78, 5) is 7.44. The first-order valence-electron chi connectivity index (χ1n) is 16.1. The van der Waals surface area contributed by atoms with Crippen LogP contribution in [0, 0.1) is 0 Å². The Hall–Kier alpha value is -1.92. The number of ether oxygens (including phenoxy) is 2. The molecule has 224 valence electrons. The monoisotopic (exact) mass is 551 g/mol. The molecule has 1 atom stereocenters. The Balaban J connectivity index is 1.71. The lowest BCUT2D eigenvalue weighted by atomic mass is 10.0. The summed E-state index contributed by atoms with van der Waals surface area (Å²) in [6, 6.07) is 18.0. The van der Waals surface area contributed by atoms with Gasteiger partial charge < -0.3 is 19.3 Å². The van der Waals surface area contributed by atoms with Gasteiger partial charge in [0.05, 0.1) is 13.2 Å². The summed E-state index contributed by atoms with van der Waals surface area (Å²) < 4.78 is 12.3. The lowest BCUT2D eigenvalue weighted by Crippen LogP contribution is -2.42. The van der Waals surface area contributed by atoms with Crippen LogP contribution in [-0.2, 0) is 23.4 Å². The fourth-order valence-electron chi connectivity index (χ4n) is 5.34. The number of hydrogen-bond acceptors (Lipinski definition) is 5. The summed E-state index contributed by atoms with van der Waals surface area (Å²) in [5.41, 5.74) is 3.72. The van der Waals surface area contributed by atoms with E-state index in [1.54, 1.807) is 0 Å². The van der Waals surface area contributed by atoms with Crippen LogP contribution in [0.1, 0.15) is 88.8 Å². The molecule has 0 spiro atoms. The van der Waals surface area contributed by atoms with Crippen LogP contribution in [0.25, 0.3) is 0 Å². The van der Waals surface area contributed by atoms with Gasteiger partial charge in [-0.1, -0.05) is 82.9 Å². The van der Waals surface area contributed by atoms with E-state index in [0.717, 1.165) is 51.6 Å². The maximum absolute atomic E-state index is 6.34. The zero-order valence-electron chi connectivity index (χ0n) is 26.3. The van der Waals surface area contributed by atoms with Gasteiger partial charge in [-0.05, 0) is 82.5 Å². The minimum atomic E-state index is -0.315. The Kier molecular flexibility index (Phi) is 14.5. The summed E-state index contributed by atoms with van der Waals surface area (Å²) in [6.45, 7) is 14.7. The molecule has 1 heterocycles. The molecule has 1 aliphatic heterocycles. The number of rotatable bonds is 22. The Bertz CT molecular complexity index is 917. The summed E-state index contributed by atoms with van der Waals surface area (Å²) in [5.74, 6) is 0.954. The second kappa shape index (κ2) is 17.8. The third-order valence-electron chi connectivity index (χ3n) is 8.06. The van der Waals surface area contributed by atoms with E-state index in [9.17, 15) is 0 Å². The van der Waals surface area contributed by atoms with Crippen LogP contribution in [0.3, 0.4) is 0 Å². The van der Waals surface area contributed by atoms with E-state index >= 15 is 0 Å². The molecule has 0 saturated carbocycles. The molecule has 1 saturated heterocycles. The lowest BCUT2D eigenvalue weighted by Gasteiger charge is -2.32. The van der Waals surface area contributed by atoms with E-state index in [1.165, 1.54) is 81.1 Å². The molecule has 0 amide bonds. The number of epoxide rings is 1. The van der Waals surface area contributed by atoms with E-state index in [-0.39, 0.29) is 5.72 Å². The average Bonchev–Trinajstić information content (AvgIpc) is 3.77. The molecule has 1 unspecified atom stereocenters. The van der Waals surface area contributed by atoms with Crippen LogP contribution < -0.4 is 4.74 Å². The Morgan fingerprint density at radius 1 is 0.700 bits per heavy atom. The van der Waals surface area contributed by atoms with Crippen molar-refractivity contribution in [2.75, 3.05) is 60.0 Å². The molecular formula is C35H57N3O2. The first-order valence-corrected chi connectivity index (χ1v) is 16.1. The molecule has 0 aromatic heterocycles. The first kappa shape index (κ1) is 32.6. The standard InChI is InChI=1S/C35H57N3O2/c1-6-9-12-14-31-15-19-33(20-16-31)35(30-40-35)38(27-26-37(24-10-7-2)25-11-8-3)29-32-17-21-34(22-18-32)39-28-13-23-36(4)5/h15-22H,6-14,23-30H2,1-5H3. The summed E-state index contributed by atoms with van der Waals surface area (Å²) >= 11 is 0. The van der Waals surface area contributed by atoms with Crippen LogP contribution in [-0.4, -0.2) is 74.7 Å². The minimum Gasteiger partial charge on any atom is -0.494 e. The van der Waals surface area contributed by atoms with Crippen molar-refractivity contribution in [2.45, 2.75) is 90.8 Å². The van der Waals surface area contributed by atoms with Crippen LogP contribution in [0.15, 0.2) is 48.5 Å².